The van der Waals surface area contributed by atoms with E-state index in [9.17, 15) is 18.7 Å². The van der Waals surface area contributed by atoms with Crippen LogP contribution in [0, 0.1) is 0 Å². The summed E-state index contributed by atoms with van der Waals surface area (Å²) in [5, 5.41) is 9.21. The molecule has 1 atom stereocenters. The van der Waals surface area contributed by atoms with Crippen molar-refractivity contribution in [2.24, 2.45) is 0 Å². The summed E-state index contributed by atoms with van der Waals surface area (Å²) in [5.74, 6) is -0.834. The van der Waals surface area contributed by atoms with E-state index < -0.39 is 22.7 Å². The Kier molecular flexibility index (Phi) is 3.40. The molecule has 1 aromatic heterocycles. The highest BCUT2D eigenvalue weighted by Crippen LogP contribution is 2.22. The van der Waals surface area contributed by atoms with Crippen molar-refractivity contribution >= 4 is 22.9 Å². The second kappa shape index (κ2) is 4.98. The molecule has 0 saturated carbocycles. The molecular formula is C10H8N3O4S-. The number of aromatic amines is 1. The average molecular weight is 266 g/mol. The van der Waals surface area contributed by atoms with Gasteiger partial charge in [-0.15, -0.1) is 0 Å². The minimum absolute atomic E-state index is 0.278. The third-order valence-electron chi connectivity index (χ3n) is 2.05. The summed E-state index contributed by atoms with van der Waals surface area (Å²) in [4.78, 5) is 17.0. The smallest absolute Gasteiger partial charge is 0.256 e. The molecule has 1 heterocycles. The summed E-state index contributed by atoms with van der Waals surface area (Å²) in [6.07, 6.45) is 0. The van der Waals surface area contributed by atoms with Crippen LogP contribution in [0.1, 0.15) is 0 Å². The van der Waals surface area contributed by atoms with Crippen molar-refractivity contribution in [3.8, 4) is 5.88 Å². The topological polar surface area (TPSA) is 109 Å². The van der Waals surface area contributed by atoms with E-state index in [2.05, 4.69) is 9.97 Å². The molecule has 7 nitrogen and oxygen atoms in total. The van der Waals surface area contributed by atoms with Gasteiger partial charge in [0, 0.05) is 0 Å². The molecule has 2 aromatic rings. The van der Waals surface area contributed by atoms with E-state index in [0.717, 1.165) is 10.4 Å². The first-order valence-electron chi connectivity index (χ1n) is 4.83. The molecule has 2 N–H and O–H groups in total. The van der Waals surface area contributed by atoms with Crippen LogP contribution in [0.4, 0.5) is 11.6 Å². The van der Waals surface area contributed by atoms with Gasteiger partial charge in [0.25, 0.3) is 5.56 Å². The summed E-state index contributed by atoms with van der Waals surface area (Å²) in [7, 11) is 0. The molecule has 0 aliphatic heterocycles. The van der Waals surface area contributed by atoms with E-state index in [1.807, 2.05) is 0 Å². The standard InChI is InChI=1S/C10H9N3O4S/c14-8-6-9(15)12-10(11-8)13(18(16)17)7-4-2-1-3-5-7/h1-6H,(H,16,17)(H2,11,12,14,15)/p-1. The third kappa shape index (κ3) is 2.55. The molecule has 94 valence electrons. The largest absolute Gasteiger partial charge is 0.755 e. The Morgan fingerprint density at radius 3 is 2.56 bits per heavy atom. The predicted octanol–water partition coefficient (Wildman–Crippen LogP) is 0.408. The number of nitrogens with one attached hydrogen (secondary N) is 1. The highest BCUT2D eigenvalue weighted by Gasteiger charge is 2.13. The van der Waals surface area contributed by atoms with Gasteiger partial charge in [-0.2, -0.15) is 4.98 Å². The Balaban J connectivity index is 2.55. The SMILES string of the molecule is O=c1cc(O)nc(N(c2ccccc2)S(=O)[O-])[nH]1. The van der Waals surface area contributed by atoms with Gasteiger partial charge in [0.15, 0.2) is 0 Å². The summed E-state index contributed by atoms with van der Waals surface area (Å²) < 4.78 is 23.2. The summed E-state index contributed by atoms with van der Waals surface area (Å²) in [5.41, 5.74) is -0.358. The Morgan fingerprint density at radius 2 is 2.00 bits per heavy atom. The zero-order valence-corrected chi connectivity index (χ0v) is 9.76. The quantitative estimate of drug-likeness (QED) is 0.782. The normalized spacial score (nSPS) is 12.1. The van der Waals surface area contributed by atoms with Crippen LogP contribution in [0.15, 0.2) is 41.2 Å². The van der Waals surface area contributed by atoms with E-state index in [1.165, 1.54) is 12.1 Å². The zero-order valence-electron chi connectivity index (χ0n) is 8.94. The Bertz CT molecular complexity index is 629. The number of anilines is 2. The van der Waals surface area contributed by atoms with Crippen molar-refractivity contribution in [2.75, 3.05) is 4.31 Å². The van der Waals surface area contributed by atoms with E-state index in [0.29, 0.717) is 5.69 Å². The average Bonchev–Trinajstić information content (AvgIpc) is 2.28. The van der Waals surface area contributed by atoms with Gasteiger partial charge in [-0.1, -0.05) is 18.2 Å². The van der Waals surface area contributed by atoms with Crippen LogP contribution >= 0.6 is 0 Å². The lowest BCUT2D eigenvalue weighted by atomic mass is 10.3. The van der Waals surface area contributed by atoms with Gasteiger partial charge in [0.1, 0.15) is 0 Å². The van der Waals surface area contributed by atoms with Crippen LogP contribution in [-0.2, 0) is 11.3 Å². The first kappa shape index (κ1) is 12.3. The van der Waals surface area contributed by atoms with Gasteiger partial charge in [-0.05, 0) is 12.1 Å². The van der Waals surface area contributed by atoms with Crippen molar-refractivity contribution in [1.82, 2.24) is 9.97 Å². The number of aromatic nitrogens is 2. The maximum absolute atomic E-state index is 11.2. The van der Waals surface area contributed by atoms with Crippen LogP contribution < -0.4 is 9.86 Å². The van der Waals surface area contributed by atoms with Crippen LogP contribution in [0.5, 0.6) is 5.88 Å². The number of benzene rings is 1. The van der Waals surface area contributed by atoms with E-state index >= 15 is 0 Å². The Labute approximate surface area is 104 Å². The van der Waals surface area contributed by atoms with Crippen molar-refractivity contribution in [2.45, 2.75) is 0 Å². The summed E-state index contributed by atoms with van der Waals surface area (Å²) >= 11 is -2.68. The molecule has 0 bridgehead atoms. The molecule has 0 saturated heterocycles. The molecule has 0 radical (unpaired) electrons. The number of H-pyrrole nitrogens is 1. The molecule has 2 rings (SSSR count). The number of hydrogen-bond acceptors (Lipinski definition) is 5. The van der Waals surface area contributed by atoms with Crippen molar-refractivity contribution in [3.05, 3.63) is 46.8 Å². The molecular weight excluding hydrogens is 258 g/mol. The van der Waals surface area contributed by atoms with Crippen molar-refractivity contribution < 1.29 is 13.9 Å². The Hall–Kier alpha value is -2.19. The molecule has 18 heavy (non-hydrogen) atoms. The molecule has 0 spiro atoms. The lowest BCUT2D eigenvalue weighted by Gasteiger charge is -2.24. The predicted molar refractivity (Wildman–Crippen MR) is 64.0 cm³/mol. The monoisotopic (exact) mass is 266 g/mol. The first-order chi connectivity index (χ1) is 8.58. The fraction of sp³-hybridized carbons (Fsp3) is 0. The fourth-order valence-electron chi connectivity index (χ4n) is 1.37. The van der Waals surface area contributed by atoms with Gasteiger partial charge in [0.05, 0.1) is 23.0 Å². The maximum atomic E-state index is 11.2. The van der Waals surface area contributed by atoms with Gasteiger partial charge < -0.3 is 9.66 Å². The number of hydrogen-bond donors (Lipinski definition) is 2. The van der Waals surface area contributed by atoms with Gasteiger partial charge in [-0.25, -0.2) is 4.31 Å². The zero-order chi connectivity index (χ0) is 13.1. The highest BCUT2D eigenvalue weighted by molar-refractivity contribution is 7.81. The van der Waals surface area contributed by atoms with Crippen molar-refractivity contribution in [1.29, 1.82) is 0 Å². The number of para-hydroxylation sites is 1. The van der Waals surface area contributed by atoms with Gasteiger partial charge in [0.2, 0.25) is 11.8 Å². The van der Waals surface area contributed by atoms with E-state index in [4.69, 9.17) is 0 Å². The van der Waals surface area contributed by atoms with Crippen LogP contribution in [0.3, 0.4) is 0 Å². The third-order valence-corrected chi connectivity index (χ3v) is 2.73. The molecule has 1 aromatic carbocycles. The molecule has 0 aliphatic carbocycles. The second-order valence-electron chi connectivity index (χ2n) is 3.27. The molecule has 0 aliphatic rings. The minimum atomic E-state index is -2.68. The fourth-order valence-corrected chi connectivity index (χ4v) is 1.89. The van der Waals surface area contributed by atoms with Crippen LogP contribution in [0.2, 0.25) is 0 Å². The lowest BCUT2D eigenvalue weighted by molar-refractivity contribution is 0.451. The van der Waals surface area contributed by atoms with E-state index in [-0.39, 0.29) is 5.95 Å². The van der Waals surface area contributed by atoms with Gasteiger partial charge in [-0.3, -0.25) is 14.0 Å². The highest BCUT2D eigenvalue weighted by atomic mass is 32.2. The summed E-state index contributed by atoms with van der Waals surface area (Å²) in [6.45, 7) is 0. The van der Waals surface area contributed by atoms with Crippen molar-refractivity contribution in [3.63, 3.8) is 0 Å². The molecule has 8 heteroatoms. The molecule has 0 fully saturated rings. The maximum Gasteiger partial charge on any atom is 0.256 e. The van der Waals surface area contributed by atoms with Gasteiger partial charge >= 0.3 is 0 Å². The van der Waals surface area contributed by atoms with E-state index in [1.54, 1.807) is 18.2 Å². The minimum Gasteiger partial charge on any atom is -0.755 e. The second-order valence-corrected chi connectivity index (χ2v) is 4.07. The number of aromatic hydroxyl groups is 1. The molecule has 1 unspecified atom stereocenters. The lowest BCUT2D eigenvalue weighted by Crippen LogP contribution is -2.24. The first-order valence-corrected chi connectivity index (χ1v) is 5.86. The number of rotatable bonds is 3. The van der Waals surface area contributed by atoms with Crippen LogP contribution in [-0.4, -0.2) is 23.8 Å². The molecule has 0 amide bonds. The Morgan fingerprint density at radius 1 is 1.33 bits per heavy atom. The summed E-state index contributed by atoms with van der Waals surface area (Å²) in [6, 6.07) is 8.89. The number of nitrogens with zero attached hydrogens (tertiary/aromatic N) is 2. The van der Waals surface area contributed by atoms with Crippen LogP contribution in [0.25, 0.3) is 0 Å².